The molecule has 0 fully saturated rings. The SMILES string of the molecule is N[C@H](CNc1nc(-c2ccncc2F)nc2c(-c3cc[nH]n3)csc12)Cc1ccccc1. The van der Waals surface area contributed by atoms with Gasteiger partial charge in [-0.1, -0.05) is 30.3 Å². The van der Waals surface area contributed by atoms with Gasteiger partial charge >= 0.3 is 0 Å². The van der Waals surface area contributed by atoms with Crippen LogP contribution < -0.4 is 11.1 Å². The quantitative estimate of drug-likeness (QED) is 0.346. The van der Waals surface area contributed by atoms with E-state index in [0.717, 1.165) is 28.6 Å². The second kappa shape index (κ2) is 8.81. The van der Waals surface area contributed by atoms with E-state index in [1.165, 1.54) is 23.1 Å². The Kier molecular flexibility index (Phi) is 5.57. The Morgan fingerprint density at radius 3 is 2.75 bits per heavy atom. The predicted molar refractivity (Wildman–Crippen MR) is 125 cm³/mol. The number of aromatic nitrogens is 5. The lowest BCUT2D eigenvalue weighted by Crippen LogP contribution is -2.31. The van der Waals surface area contributed by atoms with Gasteiger partial charge in [0.1, 0.15) is 5.82 Å². The van der Waals surface area contributed by atoms with Crippen molar-refractivity contribution in [1.82, 2.24) is 25.1 Å². The minimum Gasteiger partial charge on any atom is -0.367 e. The van der Waals surface area contributed by atoms with Gasteiger partial charge in [-0.05, 0) is 24.1 Å². The summed E-state index contributed by atoms with van der Waals surface area (Å²) in [6, 6.07) is 13.4. The third-order valence-corrected chi connectivity index (χ3v) is 6.05. The van der Waals surface area contributed by atoms with Gasteiger partial charge in [-0.25, -0.2) is 14.4 Å². The molecule has 5 aromatic rings. The molecule has 9 heteroatoms. The molecule has 160 valence electrons. The lowest BCUT2D eigenvalue weighted by molar-refractivity contribution is 0.623. The molecule has 0 saturated heterocycles. The molecule has 32 heavy (non-hydrogen) atoms. The van der Waals surface area contributed by atoms with E-state index in [9.17, 15) is 4.39 Å². The number of nitrogens with two attached hydrogens (primary N) is 1. The average Bonchev–Trinajstić information content (AvgIpc) is 3.48. The van der Waals surface area contributed by atoms with Crippen LogP contribution in [0.15, 0.2) is 66.4 Å². The monoisotopic (exact) mass is 445 g/mol. The minimum atomic E-state index is -0.477. The van der Waals surface area contributed by atoms with Crippen molar-refractivity contribution in [2.24, 2.45) is 5.73 Å². The van der Waals surface area contributed by atoms with E-state index in [1.54, 1.807) is 12.3 Å². The number of hydrogen-bond donors (Lipinski definition) is 3. The molecule has 0 aliphatic carbocycles. The molecule has 7 nitrogen and oxygen atoms in total. The maximum absolute atomic E-state index is 14.5. The highest BCUT2D eigenvalue weighted by Crippen LogP contribution is 2.37. The minimum absolute atomic E-state index is 0.116. The van der Waals surface area contributed by atoms with Crippen molar-refractivity contribution in [3.8, 4) is 22.6 Å². The highest BCUT2D eigenvalue weighted by Gasteiger charge is 2.18. The molecule has 4 aromatic heterocycles. The zero-order valence-electron chi connectivity index (χ0n) is 17.0. The maximum atomic E-state index is 14.5. The molecule has 0 saturated carbocycles. The molecule has 0 radical (unpaired) electrons. The first-order valence-corrected chi connectivity index (χ1v) is 11.0. The van der Waals surface area contributed by atoms with Gasteiger partial charge in [-0.2, -0.15) is 5.10 Å². The fourth-order valence-electron chi connectivity index (χ4n) is 3.52. The number of H-pyrrole nitrogens is 1. The highest BCUT2D eigenvalue weighted by atomic mass is 32.1. The predicted octanol–water partition coefficient (Wildman–Crippen LogP) is 4.26. The summed E-state index contributed by atoms with van der Waals surface area (Å²) >= 11 is 1.51. The summed E-state index contributed by atoms with van der Waals surface area (Å²) in [5.41, 5.74) is 10.2. The number of hydrogen-bond acceptors (Lipinski definition) is 7. The second-order valence-electron chi connectivity index (χ2n) is 7.37. The van der Waals surface area contributed by atoms with E-state index < -0.39 is 5.82 Å². The average molecular weight is 446 g/mol. The Bertz CT molecular complexity index is 1340. The van der Waals surface area contributed by atoms with Gasteiger partial charge in [0.15, 0.2) is 11.6 Å². The zero-order chi connectivity index (χ0) is 21.9. The van der Waals surface area contributed by atoms with Crippen LogP contribution in [0.2, 0.25) is 0 Å². The van der Waals surface area contributed by atoms with Gasteiger partial charge in [0.05, 0.1) is 27.7 Å². The molecule has 0 aliphatic rings. The lowest BCUT2D eigenvalue weighted by Gasteiger charge is -2.14. The second-order valence-corrected chi connectivity index (χ2v) is 8.25. The molecule has 0 spiro atoms. The summed E-state index contributed by atoms with van der Waals surface area (Å²) in [4.78, 5) is 13.2. The van der Waals surface area contributed by atoms with Crippen molar-refractivity contribution < 1.29 is 4.39 Å². The van der Waals surface area contributed by atoms with Crippen LogP contribution >= 0.6 is 11.3 Å². The largest absolute Gasteiger partial charge is 0.367 e. The van der Waals surface area contributed by atoms with Gasteiger partial charge in [-0.15, -0.1) is 11.3 Å². The zero-order valence-corrected chi connectivity index (χ0v) is 17.8. The normalized spacial score (nSPS) is 12.2. The number of benzene rings is 1. The lowest BCUT2D eigenvalue weighted by atomic mass is 10.1. The number of nitrogens with one attached hydrogen (secondary N) is 2. The number of anilines is 1. The van der Waals surface area contributed by atoms with Gasteiger partial charge in [0, 0.05) is 35.9 Å². The molecule has 1 atom stereocenters. The Morgan fingerprint density at radius 1 is 1.09 bits per heavy atom. The van der Waals surface area contributed by atoms with Crippen LogP contribution in [-0.4, -0.2) is 37.7 Å². The van der Waals surface area contributed by atoms with E-state index in [2.05, 4.69) is 42.6 Å². The van der Waals surface area contributed by atoms with Crippen LogP contribution in [0.1, 0.15) is 5.56 Å². The third-order valence-electron chi connectivity index (χ3n) is 5.08. The maximum Gasteiger partial charge on any atom is 0.165 e. The van der Waals surface area contributed by atoms with E-state index in [-0.39, 0.29) is 17.4 Å². The first-order chi connectivity index (χ1) is 15.7. The number of halogens is 1. The van der Waals surface area contributed by atoms with Crippen molar-refractivity contribution in [2.75, 3.05) is 11.9 Å². The Balaban J connectivity index is 1.51. The topological polar surface area (TPSA) is 105 Å². The molecule has 0 amide bonds. The molecular formula is C23H20FN7S. The molecular weight excluding hydrogens is 425 g/mol. The van der Waals surface area contributed by atoms with Crippen LogP contribution in [-0.2, 0) is 6.42 Å². The number of fused-ring (bicyclic) bond motifs is 1. The number of aromatic amines is 1. The van der Waals surface area contributed by atoms with Crippen molar-refractivity contribution in [1.29, 1.82) is 0 Å². The summed E-state index contributed by atoms with van der Waals surface area (Å²) in [7, 11) is 0. The molecule has 4 heterocycles. The highest BCUT2D eigenvalue weighted by molar-refractivity contribution is 7.18. The summed E-state index contributed by atoms with van der Waals surface area (Å²) < 4.78 is 15.3. The van der Waals surface area contributed by atoms with Crippen LogP contribution in [0.3, 0.4) is 0 Å². The molecule has 0 aliphatic heterocycles. The molecule has 4 N–H and O–H groups in total. The Morgan fingerprint density at radius 2 is 1.97 bits per heavy atom. The number of pyridine rings is 1. The molecule has 0 unspecified atom stereocenters. The smallest absolute Gasteiger partial charge is 0.165 e. The number of thiophene rings is 1. The summed E-state index contributed by atoms with van der Waals surface area (Å²) in [6.45, 7) is 0.509. The fraction of sp³-hybridized carbons (Fsp3) is 0.130. The van der Waals surface area contributed by atoms with Gasteiger partial charge in [0.2, 0.25) is 0 Å². The van der Waals surface area contributed by atoms with Crippen molar-refractivity contribution in [2.45, 2.75) is 12.5 Å². The summed E-state index contributed by atoms with van der Waals surface area (Å²) in [5.74, 6) is 0.429. The molecule has 5 rings (SSSR count). The summed E-state index contributed by atoms with van der Waals surface area (Å²) in [6.07, 6.45) is 5.17. The standard InChI is InChI=1S/C23H20FN7S/c24-18-12-26-8-6-16(18)22-29-20-17(19-7-9-28-31-19)13-32-21(20)23(30-22)27-11-15(25)10-14-4-2-1-3-5-14/h1-9,12-13,15H,10-11,25H2,(H,28,31)(H,27,29,30)/t15-/m0/s1. The summed E-state index contributed by atoms with van der Waals surface area (Å²) in [5, 5.41) is 12.5. The van der Waals surface area contributed by atoms with Crippen LogP contribution in [0.4, 0.5) is 10.2 Å². The van der Waals surface area contributed by atoms with E-state index >= 15 is 0 Å². The van der Waals surface area contributed by atoms with Gasteiger partial charge in [0.25, 0.3) is 0 Å². The van der Waals surface area contributed by atoms with Crippen LogP contribution in [0.5, 0.6) is 0 Å². The fourth-order valence-corrected chi connectivity index (χ4v) is 4.49. The van der Waals surface area contributed by atoms with Crippen LogP contribution in [0, 0.1) is 5.82 Å². The number of rotatable bonds is 7. The Hall–Kier alpha value is -3.69. The third kappa shape index (κ3) is 4.08. The number of nitrogens with zero attached hydrogens (tertiary/aromatic N) is 4. The van der Waals surface area contributed by atoms with E-state index in [0.29, 0.717) is 17.9 Å². The first kappa shape index (κ1) is 20.2. The van der Waals surface area contributed by atoms with Gasteiger partial charge < -0.3 is 11.1 Å². The first-order valence-electron chi connectivity index (χ1n) is 10.1. The van der Waals surface area contributed by atoms with Crippen molar-refractivity contribution in [3.63, 3.8) is 0 Å². The van der Waals surface area contributed by atoms with E-state index in [1.807, 2.05) is 29.6 Å². The van der Waals surface area contributed by atoms with Gasteiger partial charge in [-0.3, -0.25) is 10.1 Å². The van der Waals surface area contributed by atoms with E-state index in [4.69, 9.17) is 5.73 Å². The molecule has 1 aromatic carbocycles. The molecule has 0 bridgehead atoms. The van der Waals surface area contributed by atoms with Crippen molar-refractivity contribution in [3.05, 3.63) is 77.8 Å². The Labute approximate surface area is 187 Å². The van der Waals surface area contributed by atoms with Crippen molar-refractivity contribution >= 4 is 27.4 Å². The van der Waals surface area contributed by atoms with Crippen LogP contribution in [0.25, 0.3) is 32.9 Å².